The summed E-state index contributed by atoms with van der Waals surface area (Å²) in [5, 5.41) is 2.47. The third-order valence-electron chi connectivity index (χ3n) is 4.49. The number of aromatic amines is 1. The fourth-order valence-electron chi connectivity index (χ4n) is 3.08. The minimum atomic E-state index is 0.543. The van der Waals surface area contributed by atoms with Crippen molar-refractivity contribution < 1.29 is 0 Å². The lowest BCUT2D eigenvalue weighted by Crippen LogP contribution is -1.87. The van der Waals surface area contributed by atoms with Crippen LogP contribution in [0.2, 0.25) is 0 Å². The summed E-state index contributed by atoms with van der Waals surface area (Å²) in [6.45, 7) is 4.42. The maximum absolute atomic E-state index is 4.82. The van der Waals surface area contributed by atoms with Gasteiger partial charge in [-0.1, -0.05) is 80.6 Å². The highest BCUT2D eigenvalue weighted by Gasteiger charge is 2.09. The largest absolute Gasteiger partial charge is 0.344 e. The van der Waals surface area contributed by atoms with Gasteiger partial charge in [0.2, 0.25) is 0 Å². The van der Waals surface area contributed by atoms with E-state index in [1.54, 1.807) is 0 Å². The van der Waals surface area contributed by atoms with Gasteiger partial charge in [0.1, 0.15) is 5.82 Å². The van der Waals surface area contributed by atoms with Gasteiger partial charge in [-0.3, -0.25) is 0 Å². The van der Waals surface area contributed by atoms with E-state index in [9.17, 15) is 0 Å². The number of aromatic nitrogens is 2. The van der Waals surface area contributed by atoms with Crippen molar-refractivity contribution in [3.63, 3.8) is 0 Å². The van der Waals surface area contributed by atoms with Crippen LogP contribution < -0.4 is 0 Å². The molecule has 0 radical (unpaired) electrons. The molecule has 1 N–H and O–H groups in total. The number of nitrogens with zero attached hydrogens (tertiary/aromatic N) is 1. The molecule has 0 aliphatic heterocycles. The Morgan fingerprint density at radius 3 is 2.38 bits per heavy atom. The molecule has 0 spiro atoms. The van der Waals surface area contributed by atoms with E-state index in [1.807, 2.05) is 6.20 Å². The monoisotopic (exact) mass is 312 g/mol. The Balaban J connectivity index is 1.74. The number of rotatable bonds is 3. The average Bonchev–Trinajstić information content (AvgIpc) is 3.11. The standard InChI is InChI=1S/C22H20N2/c1-15(2)16-10-12-18(13-11-16)22-23-14-21(24-22)20-9-5-7-17-6-3-4-8-19(17)20/h3-15H,1-2H3,(H,23,24). The first-order chi connectivity index (χ1) is 11.7. The van der Waals surface area contributed by atoms with E-state index >= 15 is 0 Å². The number of nitrogens with one attached hydrogen (secondary N) is 1. The second kappa shape index (κ2) is 5.97. The maximum atomic E-state index is 4.82. The van der Waals surface area contributed by atoms with Crippen LogP contribution in [0.5, 0.6) is 0 Å². The molecular weight excluding hydrogens is 292 g/mol. The molecule has 0 unspecified atom stereocenters. The van der Waals surface area contributed by atoms with Crippen LogP contribution in [0.25, 0.3) is 33.4 Å². The SMILES string of the molecule is CC(C)c1ccc(-c2nc(-c3cccc4ccccc34)c[nH]2)cc1. The summed E-state index contributed by atoms with van der Waals surface area (Å²) in [4.78, 5) is 8.14. The van der Waals surface area contributed by atoms with Gasteiger partial charge in [0.25, 0.3) is 0 Å². The normalized spacial score (nSPS) is 11.3. The summed E-state index contributed by atoms with van der Waals surface area (Å²) in [6, 6.07) is 23.4. The highest BCUT2D eigenvalue weighted by molar-refractivity contribution is 5.95. The lowest BCUT2D eigenvalue weighted by Gasteiger charge is -2.05. The summed E-state index contributed by atoms with van der Waals surface area (Å²) in [5.74, 6) is 1.45. The molecule has 0 saturated carbocycles. The second-order valence-electron chi connectivity index (χ2n) is 6.44. The van der Waals surface area contributed by atoms with Gasteiger partial charge in [0, 0.05) is 17.3 Å². The molecule has 24 heavy (non-hydrogen) atoms. The molecule has 4 rings (SSSR count). The fourth-order valence-corrected chi connectivity index (χ4v) is 3.08. The third-order valence-corrected chi connectivity index (χ3v) is 4.49. The van der Waals surface area contributed by atoms with Crippen LogP contribution in [0.4, 0.5) is 0 Å². The zero-order valence-corrected chi connectivity index (χ0v) is 14.0. The minimum absolute atomic E-state index is 0.543. The van der Waals surface area contributed by atoms with Crippen LogP contribution in [0.3, 0.4) is 0 Å². The molecule has 1 heterocycles. The van der Waals surface area contributed by atoms with Gasteiger partial charge in [0.05, 0.1) is 5.69 Å². The second-order valence-corrected chi connectivity index (χ2v) is 6.44. The Bertz CT molecular complexity index is 973. The fraction of sp³-hybridized carbons (Fsp3) is 0.136. The first-order valence-electron chi connectivity index (χ1n) is 8.36. The molecular formula is C22H20N2. The van der Waals surface area contributed by atoms with Crippen molar-refractivity contribution >= 4 is 10.8 Å². The van der Waals surface area contributed by atoms with Gasteiger partial charge < -0.3 is 4.98 Å². The molecule has 0 aliphatic carbocycles. The summed E-state index contributed by atoms with van der Waals surface area (Å²) >= 11 is 0. The van der Waals surface area contributed by atoms with E-state index in [2.05, 4.69) is 85.6 Å². The zero-order chi connectivity index (χ0) is 16.5. The first kappa shape index (κ1) is 14.7. The van der Waals surface area contributed by atoms with Crippen molar-refractivity contribution in [1.29, 1.82) is 0 Å². The molecule has 2 nitrogen and oxygen atoms in total. The average molecular weight is 312 g/mol. The predicted molar refractivity (Wildman–Crippen MR) is 101 cm³/mol. The molecule has 1 aromatic heterocycles. The van der Waals surface area contributed by atoms with Gasteiger partial charge in [-0.15, -0.1) is 0 Å². The Morgan fingerprint density at radius 1 is 0.833 bits per heavy atom. The van der Waals surface area contributed by atoms with Crippen molar-refractivity contribution in [3.8, 4) is 22.6 Å². The molecule has 118 valence electrons. The number of benzene rings is 3. The molecule has 2 heteroatoms. The van der Waals surface area contributed by atoms with Gasteiger partial charge in [-0.2, -0.15) is 0 Å². The smallest absolute Gasteiger partial charge is 0.138 e. The van der Waals surface area contributed by atoms with E-state index in [0.29, 0.717) is 5.92 Å². The number of hydrogen-bond donors (Lipinski definition) is 1. The van der Waals surface area contributed by atoms with Gasteiger partial charge in [0.15, 0.2) is 0 Å². The van der Waals surface area contributed by atoms with E-state index in [1.165, 1.54) is 16.3 Å². The summed E-state index contributed by atoms with van der Waals surface area (Å²) in [5.41, 5.74) is 4.61. The minimum Gasteiger partial charge on any atom is -0.344 e. The van der Waals surface area contributed by atoms with Crippen LogP contribution in [-0.4, -0.2) is 9.97 Å². The Morgan fingerprint density at radius 2 is 1.58 bits per heavy atom. The molecule has 4 aromatic rings. The molecule has 0 saturated heterocycles. The number of imidazole rings is 1. The van der Waals surface area contributed by atoms with Gasteiger partial charge >= 0.3 is 0 Å². The Hall–Kier alpha value is -2.87. The van der Waals surface area contributed by atoms with Crippen molar-refractivity contribution in [1.82, 2.24) is 9.97 Å². The van der Waals surface area contributed by atoms with Crippen molar-refractivity contribution in [3.05, 3.63) is 78.5 Å². The highest BCUT2D eigenvalue weighted by Crippen LogP contribution is 2.29. The Kier molecular flexibility index (Phi) is 3.66. The topological polar surface area (TPSA) is 28.7 Å². The van der Waals surface area contributed by atoms with E-state index in [4.69, 9.17) is 4.98 Å². The lowest BCUT2D eigenvalue weighted by molar-refractivity contribution is 0.867. The van der Waals surface area contributed by atoms with Crippen LogP contribution in [0, 0.1) is 0 Å². The number of fused-ring (bicyclic) bond motifs is 1. The van der Waals surface area contributed by atoms with Crippen LogP contribution >= 0.6 is 0 Å². The number of hydrogen-bond acceptors (Lipinski definition) is 1. The summed E-state index contributed by atoms with van der Waals surface area (Å²) in [6.07, 6.45) is 1.99. The van der Waals surface area contributed by atoms with Crippen LogP contribution in [0.15, 0.2) is 72.9 Å². The van der Waals surface area contributed by atoms with E-state index < -0.39 is 0 Å². The predicted octanol–water partition coefficient (Wildman–Crippen LogP) is 6.02. The van der Waals surface area contributed by atoms with Gasteiger partial charge in [-0.05, 0) is 22.3 Å². The molecule has 0 atom stereocenters. The van der Waals surface area contributed by atoms with Crippen LogP contribution in [-0.2, 0) is 0 Å². The highest BCUT2D eigenvalue weighted by atomic mass is 14.9. The van der Waals surface area contributed by atoms with Crippen molar-refractivity contribution in [2.75, 3.05) is 0 Å². The number of H-pyrrole nitrogens is 1. The molecule has 0 amide bonds. The van der Waals surface area contributed by atoms with E-state index in [-0.39, 0.29) is 0 Å². The molecule has 0 aliphatic rings. The molecule has 3 aromatic carbocycles. The summed E-state index contributed by atoms with van der Waals surface area (Å²) in [7, 11) is 0. The molecule has 0 fully saturated rings. The quantitative estimate of drug-likeness (QED) is 0.492. The zero-order valence-electron chi connectivity index (χ0n) is 14.0. The van der Waals surface area contributed by atoms with Crippen LogP contribution in [0.1, 0.15) is 25.3 Å². The molecule has 0 bridgehead atoms. The van der Waals surface area contributed by atoms with Crippen molar-refractivity contribution in [2.24, 2.45) is 0 Å². The Labute approximate surface area is 142 Å². The van der Waals surface area contributed by atoms with Crippen molar-refractivity contribution in [2.45, 2.75) is 19.8 Å². The van der Waals surface area contributed by atoms with E-state index in [0.717, 1.165) is 22.6 Å². The first-order valence-corrected chi connectivity index (χ1v) is 8.36. The third kappa shape index (κ3) is 2.61. The summed E-state index contributed by atoms with van der Waals surface area (Å²) < 4.78 is 0. The van der Waals surface area contributed by atoms with Gasteiger partial charge in [-0.25, -0.2) is 4.98 Å². The maximum Gasteiger partial charge on any atom is 0.138 e. The lowest BCUT2D eigenvalue weighted by atomic mass is 10.0.